The van der Waals surface area contributed by atoms with Crippen molar-refractivity contribution < 1.29 is 19.1 Å². The summed E-state index contributed by atoms with van der Waals surface area (Å²) in [5.74, 6) is 0.611. The maximum absolute atomic E-state index is 12.0. The highest BCUT2D eigenvalue weighted by molar-refractivity contribution is 8.14. The number of carbonyl (C=O) groups excluding carboxylic acids is 3. The van der Waals surface area contributed by atoms with Gasteiger partial charge in [0, 0.05) is 25.1 Å². The fourth-order valence-corrected chi connectivity index (χ4v) is 3.06. The van der Waals surface area contributed by atoms with Crippen LogP contribution in [-0.4, -0.2) is 47.4 Å². The van der Waals surface area contributed by atoms with Gasteiger partial charge < -0.3 is 10.1 Å². The molecule has 1 saturated heterocycles. The number of rotatable bonds is 4. The van der Waals surface area contributed by atoms with Gasteiger partial charge in [-0.1, -0.05) is 11.8 Å². The van der Waals surface area contributed by atoms with E-state index in [0.29, 0.717) is 12.2 Å². The van der Waals surface area contributed by atoms with Crippen LogP contribution in [0.3, 0.4) is 0 Å². The summed E-state index contributed by atoms with van der Waals surface area (Å²) >= 11 is 0.993. The lowest BCUT2D eigenvalue weighted by atomic mass is 10.1. The van der Waals surface area contributed by atoms with Gasteiger partial charge in [-0.15, -0.1) is 0 Å². The smallest absolute Gasteiger partial charge is 0.288 e. The average molecular weight is 306 g/mol. The summed E-state index contributed by atoms with van der Waals surface area (Å²) in [4.78, 5) is 36.0. The molecule has 110 valence electrons. The molecule has 0 saturated carbocycles. The first-order valence-corrected chi connectivity index (χ1v) is 7.65. The zero-order chi connectivity index (χ0) is 14.8. The van der Waals surface area contributed by atoms with Crippen molar-refractivity contribution in [1.82, 2.24) is 10.2 Å². The molecule has 1 fully saturated rings. The number of ether oxygens (including phenoxy) is 1. The molecule has 1 aromatic carbocycles. The Morgan fingerprint density at radius 2 is 2.24 bits per heavy atom. The molecule has 0 aromatic heterocycles. The molecule has 7 heteroatoms. The molecule has 0 bridgehead atoms. The summed E-state index contributed by atoms with van der Waals surface area (Å²) in [5, 5.41) is 2.48. The predicted octanol–water partition coefficient (Wildman–Crippen LogP) is 1.05. The first kappa shape index (κ1) is 13.9. The molecule has 3 amide bonds. The van der Waals surface area contributed by atoms with Gasteiger partial charge in [0.15, 0.2) is 0 Å². The van der Waals surface area contributed by atoms with Crippen molar-refractivity contribution in [2.24, 2.45) is 0 Å². The molecule has 6 nitrogen and oxygen atoms in total. The van der Waals surface area contributed by atoms with Gasteiger partial charge in [-0.25, -0.2) is 0 Å². The molecule has 2 aliphatic heterocycles. The van der Waals surface area contributed by atoms with E-state index in [1.807, 2.05) is 6.07 Å². The number of fused-ring (bicyclic) bond motifs is 1. The maximum atomic E-state index is 12.0. The van der Waals surface area contributed by atoms with E-state index in [0.717, 1.165) is 29.5 Å². The minimum atomic E-state index is -0.246. The van der Waals surface area contributed by atoms with Gasteiger partial charge >= 0.3 is 0 Å². The van der Waals surface area contributed by atoms with Crippen LogP contribution < -0.4 is 10.1 Å². The van der Waals surface area contributed by atoms with Crippen LogP contribution in [0.15, 0.2) is 18.2 Å². The summed E-state index contributed by atoms with van der Waals surface area (Å²) in [5.41, 5.74) is 1.59. The Bertz CT molecular complexity index is 601. The fraction of sp³-hybridized carbons (Fsp3) is 0.357. The first-order chi connectivity index (χ1) is 10.1. The van der Waals surface area contributed by atoms with Crippen molar-refractivity contribution in [2.45, 2.75) is 6.42 Å². The molecule has 2 aliphatic rings. The standard InChI is InChI=1S/C14H14N2O4S/c17-12-8-21-14(19)16(12)5-4-15-13(18)10-1-2-11-9(7-10)3-6-20-11/h1-2,7H,3-6,8H2,(H,15,18). The lowest BCUT2D eigenvalue weighted by Crippen LogP contribution is -2.37. The van der Waals surface area contributed by atoms with Gasteiger partial charge in [0.2, 0.25) is 5.91 Å². The molecule has 1 N–H and O–H groups in total. The Morgan fingerprint density at radius 3 is 3.00 bits per heavy atom. The van der Waals surface area contributed by atoms with E-state index in [1.165, 1.54) is 4.90 Å². The van der Waals surface area contributed by atoms with E-state index in [-0.39, 0.29) is 35.9 Å². The minimum Gasteiger partial charge on any atom is -0.493 e. The number of thioether (sulfide) groups is 1. The van der Waals surface area contributed by atoms with Crippen molar-refractivity contribution >= 4 is 28.8 Å². The third-order valence-electron chi connectivity index (χ3n) is 3.41. The second kappa shape index (κ2) is 5.77. The number of nitrogens with zero attached hydrogens (tertiary/aromatic N) is 1. The lowest BCUT2D eigenvalue weighted by molar-refractivity contribution is -0.124. The SMILES string of the molecule is O=C(NCCN1C(=O)CSC1=O)c1ccc2c(c1)CCO2. The van der Waals surface area contributed by atoms with Gasteiger partial charge in [-0.2, -0.15) is 0 Å². The van der Waals surface area contributed by atoms with E-state index >= 15 is 0 Å². The Labute approximate surface area is 125 Å². The summed E-state index contributed by atoms with van der Waals surface area (Å²) in [6.07, 6.45) is 0.810. The summed E-state index contributed by atoms with van der Waals surface area (Å²) in [6, 6.07) is 5.32. The molecule has 0 aliphatic carbocycles. The zero-order valence-electron chi connectivity index (χ0n) is 11.3. The van der Waals surface area contributed by atoms with Gasteiger partial charge in [0.25, 0.3) is 11.1 Å². The molecule has 0 radical (unpaired) electrons. The predicted molar refractivity (Wildman–Crippen MR) is 77.5 cm³/mol. The zero-order valence-corrected chi connectivity index (χ0v) is 12.1. The largest absolute Gasteiger partial charge is 0.493 e. The minimum absolute atomic E-state index is 0.192. The summed E-state index contributed by atoms with van der Waals surface area (Å²) in [6.45, 7) is 1.12. The normalized spacial score (nSPS) is 16.9. The van der Waals surface area contributed by atoms with Crippen LogP contribution in [-0.2, 0) is 11.2 Å². The molecular formula is C14H14N2O4S. The molecule has 3 rings (SSSR count). The number of benzene rings is 1. The van der Waals surface area contributed by atoms with Crippen molar-refractivity contribution in [3.8, 4) is 5.75 Å². The number of hydrogen-bond acceptors (Lipinski definition) is 5. The van der Waals surface area contributed by atoms with Crippen LogP contribution in [0.2, 0.25) is 0 Å². The van der Waals surface area contributed by atoms with Gasteiger partial charge in [0.1, 0.15) is 5.75 Å². The van der Waals surface area contributed by atoms with Gasteiger partial charge in [0.05, 0.1) is 12.4 Å². The van der Waals surface area contributed by atoms with E-state index in [1.54, 1.807) is 12.1 Å². The molecule has 0 atom stereocenters. The number of nitrogens with one attached hydrogen (secondary N) is 1. The van der Waals surface area contributed by atoms with Gasteiger partial charge in [-0.05, 0) is 23.8 Å². The number of carbonyl (C=O) groups is 3. The monoisotopic (exact) mass is 306 g/mol. The van der Waals surface area contributed by atoms with E-state index in [2.05, 4.69) is 5.32 Å². The van der Waals surface area contributed by atoms with Crippen LogP contribution in [0, 0.1) is 0 Å². The Morgan fingerprint density at radius 1 is 1.38 bits per heavy atom. The van der Waals surface area contributed by atoms with Crippen LogP contribution in [0.1, 0.15) is 15.9 Å². The highest BCUT2D eigenvalue weighted by atomic mass is 32.2. The Balaban J connectivity index is 1.55. The molecule has 0 unspecified atom stereocenters. The number of amides is 3. The second-order valence-electron chi connectivity index (χ2n) is 4.78. The fourth-order valence-electron chi connectivity index (χ4n) is 2.31. The molecule has 1 aromatic rings. The van der Waals surface area contributed by atoms with Gasteiger partial charge in [-0.3, -0.25) is 19.3 Å². The van der Waals surface area contributed by atoms with Crippen LogP contribution >= 0.6 is 11.8 Å². The van der Waals surface area contributed by atoms with Crippen LogP contribution in [0.25, 0.3) is 0 Å². The first-order valence-electron chi connectivity index (χ1n) is 6.66. The summed E-state index contributed by atoms with van der Waals surface area (Å²) in [7, 11) is 0. The van der Waals surface area contributed by atoms with Crippen molar-refractivity contribution in [1.29, 1.82) is 0 Å². The number of imide groups is 1. The maximum Gasteiger partial charge on any atom is 0.288 e. The molecule has 21 heavy (non-hydrogen) atoms. The van der Waals surface area contributed by atoms with Crippen molar-refractivity contribution in [2.75, 3.05) is 25.4 Å². The van der Waals surface area contributed by atoms with E-state index in [4.69, 9.17) is 4.74 Å². The number of hydrogen-bond donors (Lipinski definition) is 1. The highest BCUT2D eigenvalue weighted by Gasteiger charge is 2.29. The topological polar surface area (TPSA) is 75.7 Å². The molecule has 2 heterocycles. The van der Waals surface area contributed by atoms with Crippen LogP contribution in [0.4, 0.5) is 4.79 Å². The van der Waals surface area contributed by atoms with Crippen molar-refractivity contribution in [3.05, 3.63) is 29.3 Å². The third kappa shape index (κ3) is 2.87. The Kier molecular flexibility index (Phi) is 3.83. The van der Waals surface area contributed by atoms with Crippen LogP contribution in [0.5, 0.6) is 5.75 Å². The third-order valence-corrected chi connectivity index (χ3v) is 4.27. The quantitative estimate of drug-likeness (QED) is 0.900. The van der Waals surface area contributed by atoms with E-state index in [9.17, 15) is 14.4 Å². The van der Waals surface area contributed by atoms with Crippen molar-refractivity contribution in [3.63, 3.8) is 0 Å². The molecular weight excluding hydrogens is 292 g/mol. The summed E-state index contributed by atoms with van der Waals surface area (Å²) < 4.78 is 5.39. The Hall–Kier alpha value is -2.02. The average Bonchev–Trinajstić information content (AvgIpc) is 3.07. The molecule has 0 spiro atoms. The lowest BCUT2D eigenvalue weighted by Gasteiger charge is -2.13. The second-order valence-corrected chi connectivity index (χ2v) is 5.70. The van der Waals surface area contributed by atoms with E-state index < -0.39 is 0 Å². The highest BCUT2D eigenvalue weighted by Crippen LogP contribution is 2.25.